The molecule has 2 atom stereocenters. The van der Waals surface area contributed by atoms with Crippen LogP contribution in [-0.4, -0.2) is 15.3 Å². The van der Waals surface area contributed by atoms with Gasteiger partial charge in [-0.2, -0.15) is 0 Å². The number of aromatic hydroxyl groups is 2. The molecule has 0 saturated heterocycles. The third-order valence-corrected chi connectivity index (χ3v) is 3.81. The normalized spacial score (nSPS) is 13.7. The molecule has 0 spiro atoms. The molecule has 0 aliphatic carbocycles. The number of aliphatic hydroxyl groups is 1. The number of rotatable bonds is 6. The Balaban J connectivity index is 1.87. The van der Waals surface area contributed by atoms with E-state index < -0.39 is 6.10 Å². The van der Waals surface area contributed by atoms with Crippen molar-refractivity contribution in [1.82, 2.24) is 0 Å². The summed E-state index contributed by atoms with van der Waals surface area (Å²) in [4.78, 5) is 0. The van der Waals surface area contributed by atoms with Crippen molar-refractivity contribution in [2.75, 3.05) is 5.73 Å². The summed E-state index contributed by atoms with van der Waals surface area (Å²) < 4.78 is 0. The van der Waals surface area contributed by atoms with Crippen LogP contribution in [0.4, 0.5) is 5.69 Å². The highest BCUT2D eigenvalue weighted by molar-refractivity contribution is 5.39. The highest BCUT2D eigenvalue weighted by atomic mass is 16.3. The van der Waals surface area contributed by atoms with Gasteiger partial charge in [0, 0.05) is 11.8 Å². The highest BCUT2D eigenvalue weighted by Crippen LogP contribution is 2.28. The molecule has 118 valence electrons. The maximum absolute atomic E-state index is 10.2. The first-order valence-corrected chi connectivity index (χ1v) is 7.49. The predicted octanol–water partition coefficient (Wildman–Crippen LogP) is 3.37. The molecule has 0 radical (unpaired) electrons. The quantitative estimate of drug-likeness (QED) is 0.616. The van der Waals surface area contributed by atoms with Gasteiger partial charge in [-0.25, -0.2) is 0 Å². The van der Waals surface area contributed by atoms with Gasteiger partial charge >= 0.3 is 0 Å². The van der Waals surface area contributed by atoms with E-state index in [0.717, 1.165) is 18.5 Å². The molecule has 0 amide bonds. The van der Waals surface area contributed by atoms with Crippen LogP contribution in [0.25, 0.3) is 0 Å². The third-order valence-electron chi connectivity index (χ3n) is 3.81. The maximum Gasteiger partial charge on any atom is 0.119 e. The number of benzene rings is 2. The van der Waals surface area contributed by atoms with E-state index >= 15 is 0 Å². The molecule has 5 N–H and O–H groups in total. The van der Waals surface area contributed by atoms with E-state index in [1.807, 2.05) is 24.3 Å². The molecule has 2 aromatic rings. The largest absolute Gasteiger partial charge is 0.508 e. The van der Waals surface area contributed by atoms with E-state index in [0.29, 0.717) is 17.9 Å². The lowest BCUT2D eigenvalue weighted by Crippen LogP contribution is -2.04. The van der Waals surface area contributed by atoms with Crippen molar-refractivity contribution < 1.29 is 15.3 Å². The first-order chi connectivity index (χ1) is 10.4. The van der Waals surface area contributed by atoms with Crippen LogP contribution in [0.15, 0.2) is 42.5 Å². The van der Waals surface area contributed by atoms with Gasteiger partial charge in [0.25, 0.3) is 0 Å². The number of aliphatic hydroxyl groups excluding tert-OH is 1. The summed E-state index contributed by atoms with van der Waals surface area (Å²) in [5, 5.41) is 29.1. The van der Waals surface area contributed by atoms with E-state index in [4.69, 9.17) is 5.73 Å². The SMILES string of the molecule is C[C@@H](CC[C@H](O)c1cc(O)cc(O)c1)Cc1ccc(N)cc1. The standard InChI is InChI=1S/C18H23NO3/c1-12(8-13-3-5-15(19)6-4-13)2-7-18(22)14-9-16(20)11-17(21)10-14/h3-6,9-12,18,20-22H,2,7-8,19H2,1H3/t12-,18-/m0/s1. The van der Waals surface area contributed by atoms with Crippen LogP contribution in [-0.2, 0) is 6.42 Å². The Kier molecular flexibility index (Phi) is 5.28. The summed E-state index contributed by atoms with van der Waals surface area (Å²) >= 11 is 0. The lowest BCUT2D eigenvalue weighted by Gasteiger charge is -2.16. The topological polar surface area (TPSA) is 86.7 Å². The van der Waals surface area contributed by atoms with Crippen molar-refractivity contribution in [3.05, 3.63) is 53.6 Å². The van der Waals surface area contributed by atoms with Gasteiger partial charge in [-0.15, -0.1) is 0 Å². The zero-order chi connectivity index (χ0) is 16.1. The summed E-state index contributed by atoms with van der Waals surface area (Å²) in [5.41, 5.74) is 8.20. The van der Waals surface area contributed by atoms with E-state index in [1.165, 1.54) is 23.8 Å². The molecule has 0 fully saturated rings. The van der Waals surface area contributed by atoms with Crippen LogP contribution in [0.2, 0.25) is 0 Å². The van der Waals surface area contributed by atoms with Crippen LogP contribution in [0.5, 0.6) is 11.5 Å². The zero-order valence-electron chi connectivity index (χ0n) is 12.7. The van der Waals surface area contributed by atoms with Gasteiger partial charge < -0.3 is 21.1 Å². The fraction of sp³-hybridized carbons (Fsp3) is 0.333. The van der Waals surface area contributed by atoms with Crippen LogP contribution in [0, 0.1) is 5.92 Å². The van der Waals surface area contributed by atoms with Crippen molar-refractivity contribution in [3.8, 4) is 11.5 Å². The molecule has 0 aliphatic rings. The molecule has 22 heavy (non-hydrogen) atoms. The number of nitrogen functional groups attached to an aromatic ring is 1. The fourth-order valence-corrected chi connectivity index (χ4v) is 2.58. The van der Waals surface area contributed by atoms with Gasteiger partial charge in [-0.3, -0.25) is 0 Å². The Morgan fingerprint density at radius 1 is 0.955 bits per heavy atom. The molecule has 0 aliphatic heterocycles. The summed E-state index contributed by atoms with van der Waals surface area (Å²) in [6, 6.07) is 12.0. The molecule has 0 bridgehead atoms. The molecule has 0 heterocycles. The average Bonchev–Trinajstić information content (AvgIpc) is 2.46. The monoisotopic (exact) mass is 301 g/mol. The summed E-state index contributed by atoms with van der Waals surface area (Å²) in [6.45, 7) is 2.14. The Hall–Kier alpha value is -2.20. The van der Waals surface area contributed by atoms with Gasteiger partial charge in [0.1, 0.15) is 11.5 Å². The molecule has 0 aromatic heterocycles. The Morgan fingerprint density at radius 3 is 2.14 bits per heavy atom. The number of hydrogen-bond donors (Lipinski definition) is 4. The van der Waals surface area contributed by atoms with Crippen LogP contribution in [0.3, 0.4) is 0 Å². The molecule has 4 heteroatoms. The molecule has 4 nitrogen and oxygen atoms in total. The minimum Gasteiger partial charge on any atom is -0.508 e. The minimum absolute atomic E-state index is 0.0380. The highest BCUT2D eigenvalue weighted by Gasteiger charge is 2.12. The Bertz CT molecular complexity index is 590. The second-order valence-corrected chi connectivity index (χ2v) is 5.93. The molecule has 2 rings (SSSR count). The van der Waals surface area contributed by atoms with Crippen LogP contribution >= 0.6 is 0 Å². The molecule has 0 saturated carbocycles. The summed E-state index contributed by atoms with van der Waals surface area (Å²) in [5.74, 6) is 0.345. The third kappa shape index (κ3) is 4.67. The van der Waals surface area contributed by atoms with Gasteiger partial charge in [0.05, 0.1) is 6.10 Å². The maximum atomic E-state index is 10.2. The van der Waals surface area contributed by atoms with Gasteiger partial charge in [0.2, 0.25) is 0 Å². The van der Waals surface area contributed by atoms with Crippen LogP contribution in [0.1, 0.15) is 37.0 Å². The zero-order valence-corrected chi connectivity index (χ0v) is 12.7. The molecular weight excluding hydrogens is 278 g/mol. The van der Waals surface area contributed by atoms with E-state index in [2.05, 4.69) is 6.92 Å². The van der Waals surface area contributed by atoms with Crippen molar-refractivity contribution in [3.63, 3.8) is 0 Å². The minimum atomic E-state index is -0.688. The number of phenolic OH excluding ortho intramolecular Hbond substituents is 2. The number of phenols is 2. The van der Waals surface area contributed by atoms with E-state index in [9.17, 15) is 15.3 Å². The van der Waals surface area contributed by atoms with Crippen molar-refractivity contribution in [1.29, 1.82) is 0 Å². The smallest absolute Gasteiger partial charge is 0.119 e. The molecule has 2 aromatic carbocycles. The lowest BCUT2D eigenvalue weighted by molar-refractivity contribution is 0.157. The Morgan fingerprint density at radius 2 is 1.55 bits per heavy atom. The number of nitrogens with two attached hydrogens (primary N) is 1. The van der Waals surface area contributed by atoms with E-state index in [1.54, 1.807) is 0 Å². The number of hydrogen-bond acceptors (Lipinski definition) is 4. The predicted molar refractivity (Wildman–Crippen MR) is 87.7 cm³/mol. The molecular formula is C18H23NO3. The molecule has 0 unspecified atom stereocenters. The number of anilines is 1. The Labute approximate surface area is 130 Å². The second kappa shape index (κ2) is 7.18. The van der Waals surface area contributed by atoms with Gasteiger partial charge in [-0.1, -0.05) is 19.1 Å². The first kappa shape index (κ1) is 16.2. The van der Waals surface area contributed by atoms with Gasteiger partial charge in [-0.05, 0) is 60.6 Å². The van der Waals surface area contributed by atoms with Gasteiger partial charge in [0.15, 0.2) is 0 Å². The van der Waals surface area contributed by atoms with Crippen molar-refractivity contribution >= 4 is 5.69 Å². The van der Waals surface area contributed by atoms with Crippen molar-refractivity contribution in [2.24, 2.45) is 5.92 Å². The fourth-order valence-electron chi connectivity index (χ4n) is 2.58. The van der Waals surface area contributed by atoms with Crippen LogP contribution < -0.4 is 5.73 Å². The summed E-state index contributed by atoms with van der Waals surface area (Å²) in [6.07, 6.45) is 1.67. The second-order valence-electron chi connectivity index (χ2n) is 5.93. The van der Waals surface area contributed by atoms with E-state index in [-0.39, 0.29) is 11.5 Å². The summed E-state index contributed by atoms with van der Waals surface area (Å²) in [7, 11) is 0. The lowest BCUT2D eigenvalue weighted by atomic mass is 9.93. The first-order valence-electron chi connectivity index (χ1n) is 7.49. The van der Waals surface area contributed by atoms with Crippen molar-refractivity contribution in [2.45, 2.75) is 32.3 Å². The average molecular weight is 301 g/mol.